The number of aryl methyl sites for hydroxylation is 1. The van der Waals surface area contributed by atoms with Crippen LogP contribution in [0.4, 0.5) is 5.13 Å². The smallest absolute Gasteiger partial charge is 0.227 e. The number of aromatic nitrogens is 1. The summed E-state index contributed by atoms with van der Waals surface area (Å²) in [5, 5.41) is 6.75. The van der Waals surface area contributed by atoms with Crippen molar-refractivity contribution in [2.75, 3.05) is 25.1 Å². The maximum absolute atomic E-state index is 11.7. The number of thiazole rings is 1. The largest absolute Gasteiger partial charge is 0.378 e. The first-order chi connectivity index (χ1) is 8.28. The molecule has 0 bridgehead atoms. The Hall–Kier alpha value is -0.980. The second-order valence-corrected chi connectivity index (χ2v) is 5.08. The number of nitrogens with zero attached hydrogens (tertiary/aromatic N) is 1. The van der Waals surface area contributed by atoms with Crippen LogP contribution in [0.1, 0.15) is 18.2 Å². The molecule has 0 spiro atoms. The molecule has 1 atom stereocenters. The number of amides is 1. The van der Waals surface area contributed by atoms with Gasteiger partial charge in [0, 0.05) is 30.1 Å². The van der Waals surface area contributed by atoms with Crippen LogP contribution < -0.4 is 10.6 Å². The van der Waals surface area contributed by atoms with Crippen molar-refractivity contribution in [2.24, 2.45) is 0 Å². The van der Waals surface area contributed by atoms with Gasteiger partial charge < -0.3 is 15.4 Å². The van der Waals surface area contributed by atoms with Crippen molar-refractivity contribution >= 4 is 22.4 Å². The van der Waals surface area contributed by atoms with Gasteiger partial charge in [-0.15, -0.1) is 11.3 Å². The molecular weight excluding hydrogens is 238 g/mol. The van der Waals surface area contributed by atoms with Crippen LogP contribution in [0.2, 0.25) is 0 Å². The van der Waals surface area contributed by atoms with Crippen LogP contribution >= 0.6 is 11.3 Å². The second kappa shape index (κ2) is 6.09. The van der Waals surface area contributed by atoms with Gasteiger partial charge in [-0.1, -0.05) is 6.92 Å². The highest BCUT2D eigenvalue weighted by Crippen LogP contribution is 2.18. The number of carbonyl (C=O) groups excluding carboxylic acids is 1. The van der Waals surface area contributed by atoms with E-state index in [1.165, 1.54) is 16.2 Å². The summed E-state index contributed by atoms with van der Waals surface area (Å²) in [5.74, 6) is -0.00926. The summed E-state index contributed by atoms with van der Waals surface area (Å²) in [7, 11) is 0. The number of hydrogen-bond acceptors (Lipinski definition) is 5. The Morgan fingerprint density at radius 3 is 3.29 bits per heavy atom. The van der Waals surface area contributed by atoms with Crippen LogP contribution in [0, 0.1) is 0 Å². The zero-order valence-electron chi connectivity index (χ0n) is 9.86. The van der Waals surface area contributed by atoms with Gasteiger partial charge in [-0.05, 0) is 6.42 Å². The fourth-order valence-electron chi connectivity index (χ4n) is 1.67. The lowest BCUT2D eigenvalue weighted by atomic mass is 10.2. The number of nitrogens with one attached hydrogen (secondary N) is 2. The van der Waals surface area contributed by atoms with Gasteiger partial charge in [-0.3, -0.25) is 4.79 Å². The quantitative estimate of drug-likeness (QED) is 0.843. The number of carbonyl (C=O) groups is 1. The van der Waals surface area contributed by atoms with Crippen LogP contribution in [0.5, 0.6) is 0 Å². The highest BCUT2D eigenvalue weighted by Gasteiger charge is 2.17. The number of ether oxygens (including phenoxy) is 1. The summed E-state index contributed by atoms with van der Waals surface area (Å²) in [4.78, 5) is 17.1. The normalized spacial score (nSPS) is 20.2. The van der Waals surface area contributed by atoms with Crippen molar-refractivity contribution in [1.82, 2.24) is 10.3 Å². The molecule has 5 nitrogen and oxygen atoms in total. The van der Waals surface area contributed by atoms with Crippen LogP contribution in [-0.2, 0) is 16.0 Å². The van der Waals surface area contributed by atoms with Crippen molar-refractivity contribution in [1.29, 1.82) is 0 Å². The van der Waals surface area contributed by atoms with Gasteiger partial charge in [0.25, 0.3) is 0 Å². The molecule has 0 saturated carbocycles. The molecule has 2 heterocycles. The molecule has 1 saturated heterocycles. The van der Waals surface area contributed by atoms with E-state index in [0.29, 0.717) is 18.2 Å². The molecule has 2 rings (SSSR count). The minimum atomic E-state index is -0.00926. The molecular formula is C11H17N3O2S. The predicted molar refractivity (Wildman–Crippen MR) is 67.3 cm³/mol. The molecule has 1 aliphatic rings. The van der Waals surface area contributed by atoms with Gasteiger partial charge in [0.1, 0.15) is 0 Å². The standard InChI is InChI=1S/C11H17N3O2S/c1-2-9-6-13-11(17-9)14-10(15)5-8-7-16-4-3-12-8/h6,8,12H,2-5,7H2,1H3,(H,13,14,15). The van der Waals surface area contributed by atoms with Gasteiger partial charge in [0.15, 0.2) is 5.13 Å². The summed E-state index contributed by atoms with van der Waals surface area (Å²) >= 11 is 1.53. The molecule has 1 fully saturated rings. The monoisotopic (exact) mass is 255 g/mol. The summed E-state index contributed by atoms with van der Waals surface area (Å²) in [5.41, 5.74) is 0. The van der Waals surface area contributed by atoms with E-state index in [0.717, 1.165) is 19.6 Å². The van der Waals surface area contributed by atoms with Crippen LogP contribution in [0.25, 0.3) is 0 Å². The topological polar surface area (TPSA) is 63.2 Å². The van der Waals surface area contributed by atoms with E-state index >= 15 is 0 Å². The van der Waals surface area contributed by atoms with Crippen molar-refractivity contribution in [3.05, 3.63) is 11.1 Å². The molecule has 1 aromatic heterocycles. The maximum Gasteiger partial charge on any atom is 0.227 e. The Labute approximate surface area is 105 Å². The first-order valence-corrected chi connectivity index (χ1v) is 6.65. The molecule has 0 radical (unpaired) electrons. The van der Waals surface area contributed by atoms with Crippen LogP contribution in [-0.4, -0.2) is 36.7 Å². The third-order valence-electron chi connectivity index (χ3n) is 2.58. The molecule has 0 aliphatic carbocycles. The highest BCUT2D eigenvalue weighted by atomic mass is 32.1. The van der Waals surface area contributed by atoms with Gasteiger partial charge in [0.05, 0.1) is 13.2 Å². The van der Waals surface area contributed by atoms with E-state index in [-0.39, 0.29) is 11.9 Å². The van der Waals surface area contributed by atoms with Gasteiger partial charge in [-0.25, -0.2) is 4.98 Å². The lowest BCUT2D eigenvalue weighted by Gasteiger charge is -2.22. The summed E-state index contributed by atoms with van der Waals surface area (Å²) in [6, 6.07) is 0.120. The molecule has 1 aromatic rings. The van der Waals surface area contributed by atoms with Gasteiger partial charge in [-0.2, -0.15) is 0 Å². The number of hydrogen-bond donors (Lipinski definition) is 2. The Morgan fingerprint density at radius 1 is 1.76 bits per heavy atom. The van der Waals surface area contributed by atoms with E-state index in [2.05, 4.69) is 22.5 Å². The fraction of sp³-hybridized carbons (Fsp3) is 0.636. The van der Waals surface area contributed by atoms with E-state index in [4.69, 9.17) is 4.74 Å². The molecule has 1 unspecified atom stereocenters. The fourth-order valence-corrected chi connectivity index (χ4v) is 2.44. The van der Waals surface area contributed by atoms with Gasteiger partial charge >= 0.3 is 0 Å². The Bertz CT molecular complexity index is 375. The number of rotatable bonds is 4. The maximum atomic E-state index is 11.7. The third kappa shape index (κ3) is 3.76. The lowest BCUT2D eigenvalue weighted by molar-refractivity contribution is -0.117. The van der Waals surface area contributed by atoms with E-state index in [9.17, 15) is 4.79 Å². The molecule has 1 aliphatic heterocycles. The first-order valence-electron chi connectivity index (χ1n) is 5.83. The van der Waals surface area contributed by atoms with Crippen LogP contribution in [0.3, 0.4) is 0 Å². The van der Waals surface area contributed by atoms with Crippen molar-refractivity contribution in [3.63, 3.8) is 0 Å². The number of morpholine rings is 1. The van der Waals surface area contributed by atoms with Gasteiger partial charge in [0.2, 0.25) is 5.91 Å². The molecule has 1 amide bonds. The second-order valence-electron chi connectivity index (χ2n) is 3.96. The molecule has 2 N–H and O–H groups in total. The predicted octanol–water partition coefficient (Wildman–Crippen LogP) is 1.02. The van der Waals surface area contributed by atoms with E-state index in [1.54, 1.807) is 0 Å². The third-order valence-corrected chi connectivity index (χ3v) is 3.64. The van der Waals surface area contributed by atoms with E-state index in [1.807, 2.05) is 6.20 Å². The minimum Gasteiger partial charge on any atom is -0.378 e. The average Bonchev–Trinajstić information content (AvgIpc) is 2.78. The van der Waals surface area contributed by atoms with Crippen LogP contribution in [0.15, 0.2) is 6.20 Å². The number of anilines is 1. The van der Waals surface area contributed by atoms with E-state index < -0.39 is 0 Å². The summed E-state index contributed by atoms with van der Waals surface area (Å²) in [6.45, 7) is 4.22. The summed E-state index contributed by atoms with van der Waals surface area (Å²) < 4.78 is 5.30. The zero-order chi connectivity index (χ0) is 12.1. The molecule has 0 aromatic carbocycles. The highest BCUT2D eigenvalue weighted by molar-refractivity contribution is 7.15. The Morgan fingerprint density at radius 2 is 2.65 bits per heavy atom. The molecule has 94 valence electrons. The lowest BCUT2D eigenvalue weighted by Crippen LogP contribution is -2.43. The zero-order valence-corrected chi connectivity index (χ0v) is 10.7. The SMILES string of the molecule is CCc1cnc(NC(=O)CC2COCCN2)s1. The Kier molecular flexibility index (Phi) is 4.47. The Balaban J connectivity index is 1.79. The average molecular weight is 255 g/mol. The molecule has 17 heavy (non-hydrogen) atoms. The van der Waals surface area contributed by atoms with Crippen molar-refractivity contribution in [3.8, 4) is 0 Å². The van der Waals surface area contributed by atoms with Crippen molar-refractivity contribution < 1.29 is 9.53 Å². The van der Waals surface area contributed by atoms with Crippen molar-refractivity contribution in [2.45, 2.75) is 25.8 Å². The minimum absolute atomic E-state index is 0.00926. The summed E-state index contributed by atoms with van der Waals surface area (Å²) in [6.07, 6.45) is 3.19. The molecule has 6 heteroatoms. The first kappa shape index (κ1) is 12.5.